The van der Waals surface area contributed by atoms with Crippen LogP contribution in [0.3, 0.4) is 0 Å². The zero-order valence-electron chi connectivity index (χ0n) is 7.04. The molecule has 0 unspecified atom stereocenters. The van der Waals surface area contributed by atoms with Crippen molar-refractivity contribution < 1.29 is 4.39 Å². The summed E-state index contributed by atoms with van der Waals surface area (Å²) in [5.41, 5.74) is 6.60. The maximum absolute atomic E-state index is 11.9. The molecule has 1 atom stereocenters. The van der Waals surface area contributed by atoms with E-state index in [1.165, 1.54) is 0 Å². The van der Waals surface area contributed by atoms with Crippen molar-refractivity contribution in [1.29, 1.82) is 0 Å². The number of alkyl halides is 1. The van der Waals surface area contributed by atoms with Crippen molar-refractivity contribution in [2.24, 2.45) is 5.73 Å². The Hall–Kier alpha value is -0.310. The number of benzene rings is 1. The molecular weight excluding hydrogens is 212 g/mol. The van der Waals surface area contributed by atoms with E-state index in [0.717, 1.165) is 5.56 Å². The zero-order chi connectivity index (χ0) is 8.97. The highest BCUT2D eigenvalue weighted by molar-refractivity contribution is 6.30. The molecule has 1 aromatic carbocycles. The maximum atomic E-state index is 11.9. The molecule has 0 aliphatic heterocycles. The van der Waals surface area contributed by atoms with Gasteiger partial charge in [-0.15, -0.1) is 12.4 Å². The fraction of sp³-hybridized carbons (Fsp3) is 0.333. The quantitative estimate of drug-likeness (QED) is 0.838. The molecule has 0 fully saturated rings. The average molecular weight is 224 g/mol. The summed E-state index contributed by atoms with van der Waals surface area (Å²) in [6.07, 6.45) is 0.363. The van der Waals surface area contributed by atoms with Crippen LogP contribution in [0.25, 0.3) is 0 Å². The highest BCUT2D eigenvalue weighted by Crippen LogP contribution is 2.16. The van der Waals surface area contributed by atoms with E-state index in [0.29, 0.717) is 11.4 Å². The van der Waals surface area contributed by atoms with Crippen LogP contribution in [-0.2, 0) is 0 Å². The van der Waals surface area contributed by atoms with Crippen molar-refractivity contribution in [1.82, 2.24) is 0 Å². The van der Waals surface area contributed by atoms with Crippen molar-refractivity contribution in [2.75, 3.05) is 6.67 Å². The zero-order valence-corrected chi connectivity index (χ0v) is 8.61. The number of hydrogen-bond acceptors (Lipinski definition) is 1. The average Bonchev–Trinajstić information content (AvgIpc) is 2.06. The Morgan fingerprint density at radius 3 is 2.31 bits per heavy atom. The van der Waals surface area contributed by atoms with Crippen LogP contribution >= 0.6 is 24.0 Å². The summed E-state index contributed by atoms with van der Waals surface area (Å²) in [7, 11) is 0. The lowest BCUT2D eigenvalue weighted by Gasteiger charge is -2.08. The largest absolute Gasteiger partial charge is 0.324 e. The van der Waals surface area contributed by atoms with E-state index in [1.54, 1.807) is 12.1 Å². The Bertz CT molecular complexity index is 238. The Kier molecular flexibility index (Phi) is 6.04. The third kappa shape index (κ3) is 3.94. The van der Waals surface area contributed by atoms with Gasteiger partial charge < -0.3 is 5.73 Å². The first-order valence-electron chi connectivity index (χ1n) is 3.81. The molecule has 0 saturated carbocycles. The SMILES string of the molecule is Cl.N[C@H](CCF)c1ccc(Cl)cc1. The lowest BCUT2D eigenvalue weighted by molar-refractivity contribution is 0.442. The number of rotatable bonds is 3. The molecule has 1 aromatic rings. The van der Waals surface area contributed by atoms with Crippen LogP contribution in [0.1, 0.15) is 18.0 Å². The van der Waals surface area contributed by atoms with Crippen LogP contribution < -0.4 is 5.73 Å². The topological polar surface area (TPSA) is 26.0 Å². The summed E-state index contributed by atoms with van der Waals surface area (Å²) in [5, 5.41) is 0.672. The number of halogens is 3. The van der Waals surface area contributed by atoms with E-state index in [2.05, 4.69) is 0 Å². The third-order valence-electron chi connectivity index (χ3n) is 1.72. The van der Waals surface area contributed by atoms with Gasteiger partial charge in [-0.3, -0.25) is 4.39 Å². The van der Waals surface area contributed by atoms with Crippen molar-refractivity contribution in [2.45, 2.75) is 12.5 Å². The molecule has 0 bridgehead atoms. The molecule has 0 amide bonds. The monoisotopic (exact) mass is 223 g/mol. The van der Waals surface area contributed by atoms with Gasteiger partial charge in [0.2, 0.25) is 0 Å². The highest BCUT2D eigenvalue weighted by Gasteiger charge is 2.04. The van der Waals surface area contributed by atoms with E-state index in [9.17, 15) is 4.39 Å². The van der Waals surface area contributed by atoms with Crippen LogP contribution in [-0.4, -0.2) is 6.67 Å². The van der Waals surface area contributed by atoms with Gasteiger partial charge in [-0.1, -0.05) is 23.7 Å². The molecule has 2 N–H and O–H groups in total. The first-order chi connectivity index (χ1) is 5.74. The molecule has 0 aromatic heterocycles. The second-order valence-corrected chi connectivity index (χ2v) is 3.07. The van der Waals surface area contributed by atoms with Crippen molar-refractivity contribution in [3.8, 4) is 0 Å². The number of nitrogens with two attached hydrogens (primary N) is 1. The second-order valence-electron chi connectivity index (χ2n) is 2.64. The molecular formula is C9H12Cl2FN. The molecule has 0 radical (unpaired) electrons. The normalized spacial score (nSPS) is 11.9. The first kappa shape index (κ1) is 12.7. The Labute approximate surface area is 88.5 Å². The second kappa shape index (κ2) is 6.19. The molecule has 1 nitrogen and oxygen atoms in total. The van der Waals surface area contributed by atoms with Crippen LogP contribution in [0, 0.1) is 0 Å². The summed E-state index contributed by atoms with van der Waals surface area (Å²) >= 11 is 5.68. The van der Waals surface area contributed by atoms with Gasteiger partial charge in [0.25, 0.3) is 0 Å². The Balaban J connectivity index is 0.00000144. The van der Waals surface area contributed by atoms with Gasteiger partial charge in [0.1, 0.15) is 0 Å². The van der Waals surface area contributed by atoms with E-state index in [-0.39, 0.29) is 25.1 Å². The molecule has 1 rings (SSSR count). The standard InChI is InChI=1S/C9H11ClFN.ClH/c10-8-3-1-7(2-4-8)9(12)5-6-11;/h1-4,9H,5-6,12H2;1H/t9-;/m1./s1. The third-order valence-corrected chi connectivity index (χ3v) is 1.97. The van der Waals surface area contributed by atoms with Crippen LogP contribution in [0.15, 0.2) is 24.3 Å². The fourth-order valence-corrected chi connectivity index (χ4v) is 1.12. The Morgan fingerprint density at radius 1 is 1.31 bits per heavy atom. The summed E-state index contributed by atoms with van der Waals surface area (Å²) in [6, 6.07) is 6.95. The van der Waals surface area contributed by atoms with Gasteiger partial charge in [0.05, 0.1) is 6.67 Å². The molecule has 13 heavy (non-hydrogen) atoms. The summed E-state index contributed by atoms with van der Waals surface area (Å²) in [6.45, 7) is -0.385. The predicted molar refractivity (Wildman–Crippen MR) is 56.2 cm³/mol. The molecule has 0 saturated heterocycles. The number of hydrogen-bond donors (Lipinski definition) is 1. The van der Waals surface area contributed by atoms with Gasteiger partial charge in [-0.2, -0.15) is 0 Å². The smallest absolute Gasteiger partial charge is 0.0912 e. The van der Waals surface area contributed by atoms with E-state index in [4.69, 9.17) is 17.3 Å². The first-order valence-corrected chi connectivity index (χ1v) is 4.19. The molecule has 0 spiro atoms. The van der Waals surface area contributed by atoms with Crippen molar-refractivity contribution >= 4 is 24.0 Å². The highest BCUT2D eigenvalue weighted by atomic mass is 35.5. The van der Waals surface area contributed by atoms with Gasteiger partial charge in [-0.25, -0.2) is 0 Å². The van der Waals surface area contributed by atoms with Crippen molar-refractivity contribution in [3.05, 3.63) is 34.9 Å². The van der Waals surface area contributed by atoms with E-state index >= 15 is 0 Å². The van der Waals surface area contributed by atoms with Gasteiger partial charge in [0, 0.05) is 11.1 Å². The van der Waals surface area contributed by atoms with Crippen LogP contribution in [0.4, 0.5) is 4.39 Å². The maximum Gasteiger partial charge on any atom is 0.0912 e. The predicted octanol–water partition coefficient (Wildman–Crippen LogP) is 3.12. The summed E-state index contributed by atoms with van der Waals surface area (Å²) in [5.74, 6) is 0. The lowest BCUT2D eigenvalue weighted by Crippen LogP contribution is -2.10. The van der Waals surface area contributed by atoms with Crippen molar-refractivity contribution in [3.63, 3.8) is 0 Å². The summed E-state index contributed by atoms with van der Waals surface area (Å²) < 4.78 is 11.9. The van der Waals surface area contributed by atoms with Crippen LogP contribution in [0.5, 0.6) is 0 Å². The van der Waals surface area contributed by atoms with Crippen LogP contribution in [0.2, 0.25) is 5.02 Å². The lowest BCUT2D eigenvalue weighted by atomic mass is 10.1. The van der Waals surface area contributed by atoms with Gasteiger partial charge >= 0.3 is 0 Å². The molecule has 0 aliphatic carbocycles. The molecule has 4 heteroatoms. The minimum Gasteiger partial charge on any atom is -0.324 e. The van der Waals surface area contributed by atoms with E-state index in [1.807, 2.05) is 12.1 Å². The van der Waals surface area contributed by atoms with Gasteiger partial charge in [-0.05, 0) is 24.1 Å². The summed E-state index contributed by atoms with van der Waals surface area (Å²) in [4.78, 5) is 0. The minimum atomic E-state index is -0.385. The minimum absolute atomic E-state index is 0. The Morgan fingerprint density at radius 2 is 1.85 bits per heavy atom. The fourth-order valence-electron chi connectivity index (χ4n) is 0.994. The molecule has 0 heterocycles. The van der Waals surface area contributed by atoms with E-state index < -0.39 is 0 Å². The van der Waals surface area contributed by atoms with Gasteiger partial charge in [0.15, 0.2) is 0 Å². The molecule has 0 aliphatic rings. The molecule has 74 valence electrons.